The third-order valence-corrected chi connectivity index (χ3v) is 6.51. The summed E-state index contributed by atoms with van der Waals surface area (Å²) in [5.41, 5.74) is 2.46. The lowest BCUT2D eigenvalue weighted by Crippen LogP contribution is -2.45. The minimum absolute atomic E-state index is 0.0371. The average molecular weight is 381 g/mol. The zero-order valence-electron chi connectivity index (χ0n) is 14.3. The molecular weight excluding hydrogens is 360 g/mol. The Hall–Kier alpha value is -1.54. The van der Waals surface area contributed by atoms with Gasteiger partial charge in [-0.25, -0.2) is 4.98 Å². The van der Waals surface area contributed by atoms with Crippen molar-refractivity contribution in [2.45, 2.75) is 18.8 Å². The van der Waals surface area contributed by atoms with Crippen LogP contribution in [0.5, 0.6) is 0 Å². The SMILES string of the molecule is CN(C)S(=O)(=O)N1CCC[C@@H](c2cncc(-c3cccc(Cl)c3)n2)C1. The molecule has 1 saturated heterocycles. The summed E-state index contributed by atoms with van der Waals surface area (Å²) in [6, 6.07) is 7.47. The fourth-order valence-electron chi connectivity index (χ4n) is 2.99. The van der Waals surface area contributed by atoms with Gasteiger partial charge >= 0.3 is 0 Å². The first-order chi connectivity index (χ1) is 11.9. The highest BCUT2D eigenvalue weighted by Crippen LogP contribution is 2.29. The first-order valence-corrected chi connectivity index (χ1v) is 9.91. The van der Waals surface area contributed by atoms with Crippen molar-refractivity contribution in [1.82, 2.24) is 18.6 Å². The highest BCUT2D eigenvalue weighted by Gasteiger charge is 2.31. The van der Waals surface area contributed by atoms with Crippen LogP contribution in [0.25, 0.3) is 11.3 Å². The lowest BCUT2D eigenvalue weighted by atomic mass is 9.96. The van der Waals surface area contributed by atoms with Gasteiger partial charge in [0.15, 0.2) is 0 Å². The van der Waals surface area contributed by atoms with Gasteiger partial charge in [0.05, 0.1) is 17.6 Å². The molecule has 2 heterocycles. The van der Waals surface area contributed by atoms with E-state index in [0.29, 0.717) is 18.1 Å². The van der Waals surface area contributed by atoms with E-state index in [-0.39, 0.29) is 5.92 Å². The van der Waals surface area contributed by atoms with E-state index < -0.39 is 10.2 Å². The van der Waals surface area contributed by atoms with Crippen LogP contribution < -0.4 is 0 Å². The Labute approximate surface area is 153 Å². The average Bonchev–Trinajstić information content (AvgIpc) is 2.62. The normalized spacial score (nSPS) is 19.3. The van der Waals surface area contributed by atoms with E-state index in [4.69, 9.17) is 16.6 Å². The number of hydrogen-bond donors (Lipinski definition) is 0. The third-order valence-electron chi connectivity index (χ3n) is 4.36. The van der Waals surface area contributed by atoms with Crippen molar-refractivity contribution in [2.75, 3.05) is 27.2 Å². The molecule has 1 aromatic heterocycles. The predicted molar refractivity (Wildman–Crippen MR) is 98.6 cm³/mol. The minimum Gasteiger partial charge on any atom is -0.261 e. The Morgan fingerprint density at radius 3 is 2.80 bits per heavy atom. The minimum atomic E-state index is -3.41. The van der Waals surface area contributed by atoms with E-state index in [1.54, 1.807) is 26.5 Å². The Kier molecular flexibility index (Phi) is 5.38. The highest BCUT2D eigenvalue weighted by molar-refractivity contribution is 7.86. The van der Waals surface area contributed by atoms with Crippen molar-refractivity contribution in [3.05, 3.63) is 47.4 Å². The molecule has 1 aliphatic heterocycles. The number of hydrogen-bond acceptors (Lipinski definition) is 4. The van der Waals surface area contributed by atoms with Crippen LogP contribution in [0.15, 0.2) is 36.7 Å². The van der Waals surface area contributed by atoms with Crippen molar-refractivity contribution < 1.29 is 8.42 Å². The first kappa shape index (κ1) is 18.3. The van der Waals surface area contributed by atoms with Gasteiger partial charge in [-0.05, 0) is 25.0 Å². The van der Waals surface area contributed by atoms with Crippen LogP contribution in [-0.2, 0) is 10.2 Å². The summed E-state index contributed by atoms with van der Waals surface area (Å²) in [7, 11) is -0.300. The Morgan fingerprint density at radius 1 is 1.28 bits per heavy atom. The summed E-state index contributed by atoms with van der Waals surface area (Å²) in [5, 5.41) is 0.644. The van der Waals surface area contributed by atoms with Crippen LogP contribution in [0, 0.1) is 0 Å². The summed E-state index contributed by atoms with van der Waals surface area (Å²) in [4.78, 5) is 9.02. The molecule has 1 aromatic carbocycles. The van der Waals surface area contributed by atoms with Gasteiger partial charge < -0.3 is 0 Å². The van der Waals surface area contributed by atoms with E-state index in [0.717, 1.165) is 29.8 Å². The van der Waals surface area contributed by atoms with Crippen LogP contribution in [-0.4, -0.2) is 54.2 Å². The molecule has 0 aliphatic carbocycles. The van der Waals surface area contributed by atoms with E-state index >= 15 is 0 Å². The van der Waals surface area contributed by atoms with Crippen LogP contribution in [0.2, 0.25) is 5.02 Å². The van der Waals surface area contributed by atoms with Crippen LogP contribution in [0.3, 0.4) is 0 Å². The molecule has 6 nitrogen and oxygen atoms in total. The molecule has 0 saturated carbocycles. The molecule has 0 spiro atoms. The van der Waals surface area contributed by atoms with E-state index in [2.05, 4.69) is 4.98 Å². The Morgan fingerprint density at radius 2 is 2.08 bits per heavy atom. The number of rotatable bonds is 4. The standard InChI is InChI=1S/C17H21ClN4O2S/c1-21(2)25(23,24)22-8-4-6-14(12-22)17-11-19-10-16(20-17)13-5-3-7-15(18)9-13/h3,5,7,9-11,14H,4,6,8,12H2,1-2H3/t14-/m1/s1. The maximum Gasteiger partial charge on any atom is 0.281 e. The zero-order valence-corrected chi connectivity index (χ0v) is 15.8. The summed E-state index contributed by atoms with van der Waals surface area (Å²) in [5.74, 6) is 0.0371. The topological polar surface area (TPSA) is 66.4 Å². The molecule has 2 aromatic rings. The quantitative estimate of drug-likeness (QED) is 0.818. The zero-order chi connectivity index (χ0) is 18.0. The molecule has 0 bridgehead atoms. The van der Waals surface area contributed by atoms with Gasteiger partial charge in [0, 0.05) is 49.9 Å². The second-order valence-electron chi connectivity index (χ2n) is 6.33. The molecule has 8 heteroatoms. The maximum absolute atomic E-state index is 12.4. The van der Waals surface area contributed by atoms with Crippen molar-refractivity contribution in [2.24, 2.45) is 0 Å². The predicted octanol–water partition coefficient (Wildman–Crippen LogP) is 2.78. The smallest absolute Gasteiger partial charge is 0.261 e. The van der Waals surface area contributed by atoms with Gasteiger partial charge in [-0.15, -0.1) is 0 Å². The molecule has 0 N–H and O–H groups in total. The fourth-order valence-corrected chi connectivity index (χ4v) is 4.37. The fraction of sp³-hybridized carbons (Fsp3) is 0.412. The molecule has 1 fully saturated rings. The van der Waals surface area contributed by atoms with Crippen LogP contribution in [0.4, 0.5) is 0 Å². The van der Waals surface area contributed by atoms with Crippen molar-refractivity contribution in [3.8, 4) is 11.3 Å². The molecule has 134 valence electrons. The van der Waals surface area contributed by atoms with E-state index in [1.165, 1.54) is 8.61 Å². The third kappa shape index (κ3) is 4.00. The maximum atomic E-state index is 12.4. The molecule has 1 aliphatic rings. The van der Waals surface area contributed by atoms with Gasteiger partial charge in [0.25, 0.3) is 10.2 Å². The molecule has 0 amide bonds. The Bertz CT molecular complexity index is 857. The molecule has 1 atom stereocenters. The summed E-state index contributed by atoms with van der Waals surface area (Å²) < 4.78 is 27.6. The molecular formula is C17H21ClN4O2S. The second-order valence-corrected chi connectivity index (χ2v) is 8.91. The van der Waals surface area contributed by atoms with Gasteiger partial charge in [0.1, 0.15) is 0 Å². The number of halogens is 1. The Balaban J connectivity index is 1.86. The lowest BCUT2D eigenvalue weighted by Gasteiger charge is -2.33. The first-order valence-electron chi connectivity index (χ1n) is 8.13. The van der Waals surface area contributed by atoms with Crippen molar-refractivity contribution >= 4 is 21.8 Å². The highest BCUT2D eigenvalue weighted by atomic mass is 35.5. The van der Waals surface area contributed by atoms with Crippen molar-refractivity contribution in [1.29, 1.82) is 0 Å². The summed E-state index contributed by atoms with van der Waals surface area (Å²) in [6.07, 6.45) is 5.13. The van der Waals surface area contributed by atoms with E-state index in [1.807, 2.05) is 24.3 Å². The van der Waals surface area contributed by atoms with Crippen LogP contribution >= 0.6 is 11.6 Å². The van der Waals surface area contributed by atoms with Crippen LogP contribution in [0.1, 0.15) is 24.5 Å². The second kappa shape index (κ2) is 7.37. The molecule has 0 radical (unpaired) electrons. The monoisotopic (exact) mass is 380 g/mol. The van der Waals surface area contributed by atoms with Gasteiger partial charge in [-0.3, -0.25) is 4.98 Å². The van der Waals surface area contributed by atoms with Crippen molar-refractivity contribution in [3.63, 3.8) is 0 Å². The van der Waals surface area contributed by atoms with Gasteiger partial charge in [-0.1, -0.05) is 23.7 Å². The number of benzene rings is 1. The summed E-state index contributed by atoms with van der Waals surface area (Å²) in [6.45, 7) is 0.965. The lowest BCUT2D eigenvalue weighted by molar-refractivity contribution is 0.296. The van der Waals surface area contributed by atoms with Gasteiger partial charge in [0.2, 0.25) is 0 Å². The van der Waals surface area contributed by atoms with E-state index in [9.17, 15) is 8.42 Å². The number of nitrogens with zero attached hydrogens (tertiary/aromatic N) is 4. The molecule has 0 unspecified atom stereocenters. The number of piperidine rings is 1. The number of aromatic nitrogens is 2. The summed E-state index contributed by atoms with van der Waals surface area (Å²) >= 11 is 6.06. The molecule has 25 heavy (non-hydrogen) atoms. The largest absolute Gasteiger partial charge is 0.281 e. The molecule has 3 rings (SSSR count). The van der Waals surface area contributed by atoms with Gasteiger partial charge in [-0.2, -0.15) is 17.0 Å².